The number of ether oxygens (including phenoxy) is 1. The Hall–Kier alpha value is -1.01. The van der Waals surface area contributed by atoms with Crippen LogP contribution in [0.3, 0.4) is 0 Å². The highest BCUT2D eigenvalue weighted by Crippen LogP contribution is 2.27. The Morgan fingerprint density at radius 1 is 1.44 bits per heavy atom. The Kier molecular flexibility index (Phi) is 7.01. The molecule has 2 N–H and O–H groups in total. The molecule has 18 heavy (non-hydrogen) atoms. The number of hydrogen-bond acceptors (Lipinski definition) is 3. The van der Waals surface area contributed by atoms with Crippen LogP contribution in [-0.2, 0) is 4.74 Å². The van der Waals surface area contributed by atoms with Gasteiger partial charge in [-0.05, 0) is 26.3 Å². The maximum absolute atomic E-state index is 12.7. The zero-order chi connectivity index (χ0) is 14.3. The van der Waals surface area contributed by atoms with Crippen LogP contribution in [0.5, 0.6) is 0 Å². The van der Waals surface area contributed by atoms with Crippen LogP contribution in [0.25, 0.3) is 0 Å². The lowest BCUT2D eigenvalue weighted by molar-refractivity contribution is -0.0885. The molecular formula is C12H21F3N2O. The van der Waals surface area contributed by atoms with Crippen molar-refractivity contribution in [3.05, 3.63) is 23.4 Å². The van der Waals surface area contributed by atoms with Crippen LogP contribution in [-0.4, -0.2) is 30.9 Å². The lowest BCUT2D eigenvalue weighted by atomic mass is 10.1. The first-order valence-electron chi connectivity index (χ1n) is 5.74. The highest BCUT2D eigenvalue weighted by molar-refractivity contribution is 5.27. The summed E-state index contributed by atoms with van der Waals surface area (Å²) in [5.41, 5.74) is -0.425. The molecule has 0 radical (unpaired) electrons. The number of alkyl halides is 3. The van der Waals surface area contributed by atoms with Gasteiger partial charge >= 0.3 is 6.18 Å². The molecule has 0 aromatic rings. The molecule has 1 atom stereocenters. The number of hydrogen-bond donors (Lipinski definition) is 1. The van der Waals surface area contributed by atoms with Gasteiger partial charge in [0.15, 0.2) is 0 Å². The van der Waals surface area contributed by atoms with E-state index < -0.39 is 11.7 Å². The molecule has 0 rings (SSSR count). The third-order valence-corrected chi connectivity index (χ3v) is 2.65. The van der Waals surface area contributed by atoms with E-state index in [1.54, 1.807) is 0 Å². The fraction of sp³-hybridized carbons (Fsp3) is 0.667. The summed E-state index contributed by atoms with van der Waals surface area (Å²) in [5, 5.41) is 1.32. The second-order valence-corrected chi connectivity index (χ2v) is 3.98. The van der Waals surface area contributed by atoms with Crippen molar-refractivity contribution in [1.82, 2.24) is 5.01 Å². The fourth-order valence-electron chi connectivity index (χ4n) is 1.33. The van der Waals surface area contributed by atoms with Crippen LogP contribution in [0, 0.1) is 0 Å². The molecule has 6 heteroatoms. The normalized spacial score (nSPS) is 15.8. The molecule has 0 heterocycles. The fourth-order valence-corrected chi connectivity index (χ4v) is 1.33. The minimum atomic E-state index is -4.38. The Balaban J connectivity index is 5.21. The number of halogens is 3. The molecule has 0 aromatic heterocycles. The Labute approximate surface area is 106 Å². The van der Waals surface area contributed by atoms with Crippen molar-refractivity contribution in [2.24, 2.45) is 5.84 Å². The zero-order valence-corrected chi connectivity index (χ0v) is 11.2. The number of hydrazine groups is 1. The quantitative estimate of drug-likeness (QED) is 0.456. The molecule has 0 spiro atoms. The van der Waals surface area contributed by atoms with Gasteiger partial charge in [0.25, 0.3) is 0 Å². The second kappa shape index (κ2) is 7.43. The van der Waals surface area contributed by atoms with Gasteiger partial charge < -0.3 is 9.75 Å². The first-order chi connectivity index (χ1) is 8.27. The van der Waals surface area contributed by atoms with E-state index in [-0.39, 0.29) is 12.6 Å². The topological polar surface area (TPSA) is 38.5 Å². The van der Waals surface area contributed by atoms with Gasteiger partial charge in [0.1, 0.15) is 0 Å². The van der Waals surface area contributed by atoms with Crippen LogP contribution in [0.2, 0.25) is 0 Å². The molecule has 0 bridgehead atoms. The van der Waals surface area contributed by atoms with E-state index >= 15 is 0 Å². The third-order valence-electron chi connectivity index (χ3n) is 2.65. The van der Waals surface area contributed by atoms with E-state index in [9.17, 15) is 13.2 Å². The van der Waals surface area contributed by atoms with Gasteiger partial charge in [-0.25, -0.2) is 5.84 Å². The molecule has 0 saturated heterocycles. The first-order valence-corrected chi connectivity index (χ1v) is 5.74. The average Bonchev–Trinajstić information content (AvgIpc) is 2.30. The van der Waals surface area contributed by atoms with E-state index in [0.717, 1.165) is 18.6 Å². The molecular weight excluding hydrogens is 245 g/mol. The molecule has 0 saturated carbocycles. The summed E-state index contributed by atoms with van der Waals surface area (Å²) in [7, 11) is 1.42. The maximum atomic E-state index is 12.7. The monoisotopic (exact) mass is 266 g/mol. The summed E-state index contributed by atoms with van der Waals surface area (Å²) in [6.45, 7) is 5.13. The molecule has 0 amide bonds. The summed E-state index contributed by atoms with van der Waals surface area (Å²) in [4.78, 5) is 0. The molecule has 1 unspecified atom stereocenters. The molecule has 0 aromatic carbocycles. The number of methoxy groups -OCH3 is 1. The van der Waals surface area contributed by atoms with E-state index in [1.807, 2.05) is 13.8 Å². The Morgan fingerprint density at radius 3 is 2.33 bits per heavy atom. The lowest BCUT2D eigenvalue weighted by Crippen LogP contribution is -2.39. The smallest absolute Gasteiger partial charge is 0.378 e. The minimum absolute atomic E-state index is 0.0360. The van der Waals surface area contributed by atoms with Gasteiger partial charge in [-0.2, -0.15) is 13.2 Å². The van der Waals surface area contributed by atoms with E-state index in [4.69, 9.17) is 10.6 Å². The largest absolute Gasteiger partial charge is 0.416 e. The summed E-state index contributed by atoms with van der Waals surface area (Å²) in [6.07, 6.45) is -1.62. The van der Waals surface area contributed by atoms with Crippen molar-refractivity contribution in [3.8, 4) is 0 Å². The SMILES string of the molecule is C/C=C(\C=C(\COC)N(N)C(C)CC)C(F)(F)F. The molecule has 0 aliphatic carbocycles. The van der Waals surface area contributed by atoms with Gasteiger partial charge in [-0.1, -0.05) is 13.0 Å². The van der Waals surface area contributed by atoms with E-state index in [1.165, 1.54) is 19.0 Å². The molecule has 0 fully saturated rings. The van der Waals surface area contributed by atoms with Gasteiger partial charge in [0.05, 0.1) is 17.9 Å². The van der Waals surface area contributed by atoms with Gasteiger partial charge in [0.2, 0.25) is 0 Å². The minimum Gasteiger partial charge on any atom is -0.378 e. The van der Waals surface area contributed by atoms with Crippen molar-refractivity contribution in [1.29, 1.82) is 0 Å². The molecule has 0 aliphatic heterocycles. The summed E-state index contributed by atoms with van der Waals surface area (Å²) in [6, 6.07) is -0.0576. The highest BCUT2D eigenvalue weighted by Gasteiger charge is 2.32. The number of allylic oxidation sites excluding steroid dienone is 3. The third kappa shape index (κ3) is 5.10. The van der Waals surface area contributed by atoms with Crippen LogP contribution in [0.15, 0.2) is 23.4 Å². The van der Waals surface area contributed by atoms with Gasteiger partial charge in [-0.3, -0.25) is 0 Å². The summed E-state index contributed by atoms with van der Waals surface area (Å²) >= 11 is 0. The predicted octanol–water partition coefficient (Wildman–Crippen LogP) is 3.00. The van der Waals surface area contributed by atoms with Crippen LogP contribution in [0.1, 0.15) is 27.2 Å². The number of rotatable bonds is 6. The highest BCUT2D eigenvalue weighted by atomic mass is 19.4. The van der Waals surface area contributed by atoms with Crippen molar-refractivity contribution < 1.29 is 17.9 Å². The van der Waals surface area contributed by atoms with Crippen LogP contribution >= 0.6 is 0 Å². The number of nitrogens with two attached hydrogens (primary N) is 1. The maximum Gasteiger partial charge on any atom is 0.416 e. The lowest BCUT2D eigenvalue weighted by Gasteiger charge is -2.28. The molecule has 0 aliphatic rings. The van der Waals surface area contributed by atoms with Crippen molar-refractivity contribution >= 4 is 0 Å². The van der Waals surface area contributed by atoms with E-state index in [2.05, 4.69) is 0 Å². The average molecular weight is 266 g/mol. The number of nitrogens with zero attached hydrogens (tertiary/aromatic N) is 1. The summed E-state index contributed by atoms with van der Waals surface area (Å²) in [5.74, 6) is 5.79. The summed E-state index contributed by atoms with van der Waals surface area (Å²) < 4.78 is 42.9. The first kappa shape index (κ1) is 17.0. The van der Waals surface area contributed by atoms with Gasteiger partial charge in [0, 0.05) is 13.2 Å². The van der Waals surface area contributed by atoms with Crippen molar-refractivity contribution in [3.63, 3.8) is 0 Å². The predicted molar refractivity (Wildman–Crippen MR) is 65.6 cm³/mol. The zero-order valence-electron chi connectivity index (χ0n) is 11.2. The van der Waals surface area contributed by atoms with Crippen molar-refractivity contribution in [2.45, 2.75) is 39.4 Å². The Bertz CT molecular complexity index is 311. The van der Waals surface area contributed by atoms with Crippen LogP contribution in [0.4, 0.5) is 13.2 Å². The van der Waals surface area contributed by atoms with Crippen LogP contribution < -0.4 is 5.84 Å². The molecule has 3 nitrogen and oxygen atoms in total. The standard InChI is InChI=1S/C12H21F3N2O/c1-5-9(3)17(16)11(8-18-4)7-10(6-2)12(13,14)15/h6-7,9H,5,8,16H2,1-4H3/b10-6+,11-7-. The van der Waals surface area contributed by atoms with E-state index in [0.29, 0.717) is 5.70 Å². The molecule has 106 valence electrons. The second-order valence-electron chi connectivity index (χ2n) is 3.98. The Morgan fingerprint density at radius 2 is 2.00 bits per heavy atom. The van der Waals surface area contributed by atoms with Crippen molar-refractivity contribution in [2.75, 3.05) is 13.7 Å². The van der Waals surface area contributed by atoms with Gasteiger partial charge in [-0.15, -0.1) is 0 Å².